The van der Waals surface area contributed by atoms with Crippen LogP contribution in [-0.4, -0.2) is 28.7 Å². The number of imide groups is 2. The first-order valence-electron chi connectivity index (χ1n) is 14.0. The van der Waals surface area contributed by atoms with E-state index in [0.29, 0.717) is 17.7 Å². The van der Waals surface area contributed by atoms with Crippen molar-refractivity contribution in [3.63, 3.8) is 0 Å². The average molecular weight is 711 g/mol. The summed E-state index contributed by atoms with van der Waals surface area (Å²) in [4.78, 5) is 58.6. The maximum atomic E-state index is 14.4. The van der Waals surface area contributed by atoms with Crippen molar-refractivity contribution < 1.29 is 28.7 Å². The van der Waals surface area contributed by atoms with E-state index >= 15 is 0 Å². The van der Waals surface area contributed by atoms with Gasteiger partial charge in [-0.2, -0.15) is 0 Å². The third-order valence-corrected chi connectivity index (χ3v) is 10.8. The number of carbonyl (C=O) groups is 4. The molecule has 6 unspecified atom stereocenters. The summed E-state index contributed by atoms with van der Waals surface area (Å²) in [5, 5.41) is 9.83. The maximum Gasteiger partial charge on any atom is 0.241 e. The van der Waals surface area contributed by atoms with Gasteiger partial charge < -0.3 is 5.11 Å². The number of phenols is 1. The molecule has 0 aromatic heterocycles. The summed E-state index contributed by atoms with van der Waals surface area (Å²) >= 11 is 8.21. The number of nitrogens with zero attached hydrogens (tertiary/aromatic N) is 2. The van der Waals surface area contributed by atoms with E-state index in [0.717, 1.165) is 20.1 Å². The Balaban J connectivity index is 1.35. The van der Waals surface area contributed by atoms with E-state index in [1.54, 1.807) is 31.2 Å². The van der Waals surface area contributed by atoms with Gasteiger partial charge >= 0.3 is 0 Å². The van der Waals surface area contributed by atoms with Gasteiger partial charge in [0, 0.05) is 9.49 Å². The zero-order valence-corrected chi connectivity index (χ0v) is 25.8. The molecule has 3 aromatic carbocycles. The molecule has 0 bridgehead atoms. The first kappa shape index (κ1) is 28.2. The molecule has 0 radical (unpaired) electrons. The lowest BCUT2D eigenvalue weighted by atomic mass is 9.51. The van der Waals surface area contributed by atoms with Crippen LogP contribution in [0.3, 0.4) is 0 Å². The Morgan fingerprint density at radius 3 is 2.23 bits per heavy atom. The minimum Gasteiger partial charge on any atom is -0.508 e. The van der Waals surface area contributed by atoms with Gasteiger partial charge in [0.25, 0.3) is 0 Å². The van der Waals surface area contributed by atoms with E-state index in [4.69, 9.17) is 11.6 Å². The van der Waals surface area contributed by atoms with Crippen molar-refractivity contribution in [3.8, 4) is 5.75 Å². The van der Waals surface area contributed by atoms with Gasteiger partial charge in [-0.3, -0.25) is 24.1 Å². The van der Waals surface area contributed by atoms with Crippen LogP contribution in [0.25, 0.3) is 0 Å². The van der Waals surface area contributed by atoms with Crippen LogP contribution in [0.5, 0.6) is 5.75 Å². The largest absolute Gasteiger partial charge is 0.508 e. The highest BCUT2D eigenvalue weighted by Crippen LogP contribution is 2.63. The summed E-state index contributed by atoms with van der Waals surface area (Å²) in [6.45, 7) is 1.77. The number of halogens is 3. The van der Waals surface area contributed by atoms with Crippen molar-refractivity contribution >= 4 is 69.2 Å². The lowest BCUT2D eigenvalue weighted by Crippen LogP contribution is -2.48. The van der Waals surface area contributed by atoms with Gasteiger partial charge in [-0.25, -0.2) is 9.29 Å². The Morgan fingerprint density at radius 2 is 1.56 bits per heavy atom. The Hall–Kier alpha value is -3.57. The Labute approximate surface area is 265 Å². The smallest absolute Gasteiger partial charge is 0.241 e. The van der Waals surface area contributed by atoms with Crippen LogP contribution in [-0.2, 0) is 19.2 Å². The van der Waals surface area contributed by atoms with Crippen LogP contribution in [0.15, 0.2) is 78.4 Å². The van der Waals surface area contributed by atoms with Crippen molar-refractivity contribution in [3.05, 3.63) is 98.4 Å². The number of hydrogen-bond acceptors (Lipinski definition) is 5. The van der Waals surface area contributed by atoms with E-state index in [9.17, 15) is 28.7 Å². The van der Waals surface area contributed by atoms with Gasteiger partial charge in [-0.1, -0.05) is 35.4 Å². The van der Waals surface area contributed by atoms with E-state index in [1.165, 1.54) is 29.2 Å². The predicted molar refractivity (Wildman–Crippen MR) is 166 cm³/mol. The molecule has 10 heteroatoms. The molecule has 7 rings (SSSR count). The summed E-state index contributed by atoms with van der Waals surface area (Å²) in [6.07, 6.45) is 2.51. The summed E-state index contributed by atoms with van der Waals surface area (Å²) < 4.78 is 15.0. The molecule has 2 aliphatic carbocycles. The molecule has 4 aliphatic rings. The molecule has 4 amide bonds. The number of rotatable bonds is 3. The lowest BCUT2D eigenvalue weighted by molar-refractivity contribution is -0.131. The molecule has 2 heterocycles. The van der Waals surface area contributed by atoms with Crippen LogP contribution in [0.4, 0.5) is 15.8 Å². The standard InChI is InChI=1S/C33H25ClFIN2O5/c1-33-24(30(41)38(32(33)43)19-8-13-26(35)25(34)14-19)15-23-21(28(33)16-2-9-20(39)10-3-16)11-12-22-27(23)31(42)37(29(22)40)18-6-4-17(36)5-7-18/h2-11,13-14,22-24,27-28,39H,12,15H2,1H3. The monoisotopic (exact) mass is 710 g/mol. The first-order valence-corrected chi connectivity index (χ1v) is 15.4. The van der Waals surface area contributed by atoms with Crippen molar-refractivity contribution in [2.24, 2.45) is 29.1 Å². The van der Waals surface area contributed by atoms with Gasteiger partial charge in [0.2, 0.25) is 23.6 Å². The van der Waals surface area contributed by atoms with Gasteiger partial charge in [0.1, 0.15) is 11.6 Å². The molecule has 0 spiro atoms. The molecule has 43 heavy (non-hydrogen) atoms. The molecular formula is C33H25ClFIN2O5. The zero-order chi connectivity index (χ0) is 30.4. The lowest BCUT2D eigenvalue weighted by Gasteiger charge is -2.49. The Kier molecular flexibility index (Phi) is 6.55. The molecule has 3 aromatic rings. The normalized spacial score (nSPS) is 29.9. The second kappa shape index (κ2) is 9.99. The quantitative estimate of drug-likeness (QED) is 0.198. The number of anilines is 2. The number of benzene rings is 3. The molecule has 218 valence electrons. The SMILES string of the molecule is CC12C(=O)N(c3ccc(F)c(Cl)c3)C(=O)C1CC1C(=CCC3C(=O)N(c4ccc(I)cc4)C(=O)C31)C2c1ccc(O)cc1. The highest BCUT2D eigenvalue weighted by atomic mass is 127. The van der Waals surface area contributed by atoms with Gasteiger partial charge in [0.15, 0.2) is 0 Å². The highest BCUT2D eigenvalue weighted by Gasteiger charge is 2.67. The van der Waals surface area contributed by atoms with Crippen LogP contribution < -0.4 is 9.80 Å². The summed E-state index contributed by atoms with van der Waals surface area (Å²) in [5.41, 5.74) is 0.996. The number of phenolic OH excluding ortho intramolecular Hbond substituents is 1. The Morgan fingerprint density at radius 1 is 0.884 bits per heavy atom. The summed E-state index contributed by atoms with van der Waals surface area (Å²) in [6, 6.07) is 17.5. The van der Waals surface area contributed by atoms with Gasteiger partial charge in [0.05, 0.1) is 39.6 Å². The average Bonchev–Trinajstić information content (AvgIpc) is 3.35. The fourth-order valence-electron chi connectivity index (χ4n) is 7.78. The van der Waals surface area contributed by atoms with Gasteiger partial charge in [-0.05, 0) is 108 Å². The fraction of sp³-hybridized carbons (Fsp3) is 0.273. The van der Waals surface area contributed by atoms with Crippen LogP contribution in [0, 0.1) is 38.5 Å². The van der Waals surface area contributed by atoms with E-state index in [-0.39, 0.29) is 34.7 Å². The van der Waals surface area contributed by atoms with Crippen molar-refractivity contribution in [2.45, 2.75) is 25.7 Å². The molecule has 6 atom stereocenters. The molecular weight excluding hydrogens is 686 g/mol. The third-order valence-electron chi connectivity index (χ3n) is 9.75. The molecule has 1 N–H and O–H groups in total. The number of amides is 4. The number of hydrogen-bond donors (Lipinski definition) is 1. The van der Waals surface area contributed by atoms with E-state index in [1.807, 2.05) is 18.2 Å². The maximum absolute atomic E-state index is 14.4. The van der Waals surface area contributed by atoms with Gasteiger partial charge in [-0.15, -0.1) is 0 Å². The molecule has 2 aliphatic heterocycles. The van der Waals surface area contributed by atoms with Crippen LogP contribution in [0.1, 0.15) is 31.2 Å². The summed E-state index contributed by atoms with van der Waals surface area (Å²) in [7, 11) is 0. The van der Waals surface area contributed by atoms with Crippen molar-refractivity contribution in [2.75, 3.05) is 9.80 Å². The van der Waals surface area contributed by atoms with E-state index in [2.05, 4.69) is 22.6 Å². The first-order chi connectivity index (χ1) is 20.5. The highest BCUT2D eigenvalue weighted by molar-refractivity contribution is 14.1. The number of fused-ring (bicyclic) bond motifs is 4. The number of allylic oxidation sites excluding steroid dienone is 2. The van der Waals surface area contributed by atoms with Crippen molar-refractivity contribution in [1.82, 2.24) is 0 Å². The second-order valence-electron chi connectivity index (χ2n) is 11.8. The molecule has 2 saturated heterocycles. The summed E-state index contributed by atoms with van der Waals surface area (Å²) in [5.74, 6) is -5.24. The van der Waals surface area contributed by atoms with E-state index < -0.39 is 52.6 Å². The third kappa shape index (κ3) is 4.03. The van der Waals surface area contributed by atoms with Crippen LogP contribution in [0.2, 0.25) is 5.02 Å². The molecule has 3 fully saturated rings. The molecule has 1 saturated carbocycles. The Bertz CT molecular complexity index is 1760. The minimum atomic E-state index is -1.24. The number of aromatic hydroxyl groups is 1. The minimum absolute atomic E-state index is 0.0524. The predicted octanol–water partition coefficient (Wildman–Crippen LogP) is 6.22. The fourth-order valence-corrected chi connectivity index (χ4v) is 8.31. The second-order valence-corrected chi connectivity index (χ2v) is 13.5. The molecule has 7 nitrogen and oxygen atoms in total. The zero-order valence-electron chi connectivity index (χ0n) is 22.8. The topological polar surface area (TPSA) is 95.0 Å². The van der Waals surface area contributed by atoms with Crippen molar-refractivity contribution in [1.29, 1.82) is 0 Å². The number of carbonyl (C=O) groups excluding carboxylic acids is 4. The van der Waals surface area contributed by atoms with Crippen LogP contribution >= 0.6 is 34.2 Å².